The molecule has 0 aliphatic carbocycles. The van der Waals surface area contributed by atoms with Gasteiger partial charge in [-0.05, 0) is 55.0 Å². The summed E-state index contributed by atoms with van der Waals surface area (Å²) in [7, 11) is 0. The molecule has 1 amide bonds. The molecule has 4 aromatic rings. The van der Waals surface area contributed by atoms with Gasteiger partial charge in [0.05, 0.1) is 17.9 Å². The number of aromatic amines is 1. The summed E-state index contributed by atoms with van der Waals surface area (Å²) in [5.74, 6) is -0.341. The topological polar surface area (TPSA) is 102 Å². The molecule has 0 spiro atoms. The normalized spacial score (nSPS) is 13.9. The molecule has 34 heavy (non-hydrogen) atoms. The first-order valence-corrected chi connectivity index (χ1v) is 11.7. The van der Waals surface area contributed by atoms with E-state index in [1.807, 2.05) is 36.1 Å². The van der Waals surface area contributed by atoms with Crippen LogP contribution in [0.2, 0.25) is 0 Å². The number of nitrogens with one attached hydrogen (secondary N) is 1. The number of para-hydroxylation sites is 1. The third-order valence-corrected chi connectivity index (χ3v) is 6.28. The number of hydrogen-bond donors (Lipinski definition) is 1. The number of carbonyl (C=O) groups excluding carboxylic acids is 1. The molecule has 0 saturated heterocycles. The fourth-order valence-electron chi connectivity index (χ4n) is 4.63. The third-order valence-electron chi connectivity index (χ3n) is 6.28. The van der Waals surface area contributed by atoms with Crippen LogP contribution in [-0.2, 0) is 19.4 Å². The number of rotatable bonds is 6. The first-order valence-electron chi connectivity index (χ1n) is 11.7. The summed E-state index contributed by atoms with van der Waals surface area (Å²) in [5.41, 5.74) is 5.95. The Labute approximate surface area is 197 Å². The van der Waals surface area contributed by atoms with Crippen LogP contribution in [0.15, 0.2) is 53.5 Å². The van der Waals surface area contributed by atoms with Crippen molar-refractivity contribution >= 4 is 22.7 Å². The standard InChI is InChI=1S/C26H28N6O2/c1-3-7-23-24(29-30-32(23)18-12-10-17(11-13-18)25(33)27-4-2)26(34)31-15-14-20-19-8-5-6-9-21(19)28-22(20)16-31/h5-6,8-13,28H,3-4,7,14-16H2,1-2H3,(H,27,33)/p-1. The van der Waals surface area contributed by atoms with Crippen molar-refractivity contribution < 1.29 is 9.90 Å². The Balaban J connectivity index is 1.43. The molecule has 174 valence electrons. The molecule has 1 N–H and O–H groups in total. The highest BCUT2D eigenvalue weighted by molar-refractivity contribution is 5.94. The molecule has 2 aromatic carbocycles. The highest BCUT2D eigenvalue weighted by atomic mass is 16.3. The summed E-state index contributed by atoms with van der Waals surface area (Å²) in [5, 5.41) is 21.9. The number of H-pyrrole nitrogens is 1. The molecule has 3 heterocycles. The van der Waals surface area contributed by atoms with Crippen LogP contribution in [0, 0.1) is 0 Å². The minimum absolute atomic E-state index is 0.104. The molecule has 0 atom stereocenters. The van der Waals surface area contributed by atoms with Gasteiger partial charge in [-0.25, -0.2) is 4.68 Å². The molecule has 5 rings (SSSR count). The predicted octanol–water partition coefficient (Wildman–Crippen LogP) is 3.03. The number of aliphatic imine (C=N–C) groups is 1. The monoisotopic (exact) mass is 455 g/mol. The van der Waals surface area contributed by atoms with Crippen molar-refractivity contribution in [3.05, 3.63) is 76.7 Å². The first-order chi connectivity index (χ1) is 16.6. The number of amides is 1. The molecule has 8 nitrogen and oxygen atoms in total. The Hall–Kier alpha value is -3.94. The van der Waals surface area contributed by atoms with Gasteiger partial charge in [-0.3, -0.25) is 4.79 Å². The second-order valence-electron chi connectivity index (χ2n) is 8.48. The number of aromatic nitrogens is 4. The maximum atomic E-state index is 13.5. The first kappa shape index (κ1) is 21.9. The molecular formula is C26H27N6O2-. The summed E-state index contributed by atoms with van der Waals surface area (Å²) in [6.45, 7) is 5.52. The van der Waals surface area contributed by atoms with E-state index in [-0.39, 0.29) is 11.8 Å². The van der Waals surface area contributed by atoms with Gasteiger partial charge in [0.15, 0.2) is 5.69 Å². The molecule has 2 aromatic heterocycles. The van der Waals surface area contributed by atoms with Gasteiger partial charge in [0.25, 0.3) is 5.91 Å². The van der Waals surface area contributed by atoms with Crippen LogP contribution in [0.1, 0.15) is 53.3 Å². The number of benzene rings is 2. The second-order valence-corrected chi connectivity index (χ2v) is 8.48. The molecule has 0 saturated carbocycles. The lowest BCUT2D eigenvalue weighted by Crippen LogP contribution is -2.36. The largest absolute Gasteiger partial charge is 0.858 e. The lowest BCUT2D eigenvalue weighted by Gasteiger charge is -2.26. The van der Waals surface area contributed by atoms with Crippen molar-refractivity contribution in [2.75, 3.05) is 13.1 Å². The van der Waals surface area contributed by atoms with Gasteiger partial charge in [-0.15, -0.1) is 5.10 Å². The van der Waals surface area contributed by atoms with E-state index in [9.17, 15) is 9.90 Å². The zero-order chi connectivity index (χ0) is 23.7. The van der Waals surface area contributed by atoms with Gasteiger partial charge in [0.2, 0.25) is 0 Å². The molecule has 0 radical (unpaired) electrons. The Morgan fingerprint density at radius 1 is 1.15 bits per heavy atom. The number of hydrogen-bond acceptors (Lipinski definition) is 5. The molecule has 0 fully saturated rings. The number of fused-ring (bicyclic) bond motifs is 3. The Morgan fingerprint density at radius 2 is 1.94 bits per heavy atom. The van der Waals surface area contributed by atoms with Gasteiger partial charge in [0.1, 0.15) is 0 Å². The minimum Gasteiger partial charge on any atom is -0.858 e. The van der Waals surface area contributed by atoms with Crippen LogP contribution in [0.5, 0.6) is 0 Å². The Kier molecular flexibility index (Phi) is 5.88. The van der Waals surface area contributed by atoms with Gasteiger partial charge < -0.3 is 20.0 Å². The zero-order valence-corrected chi connectivity index (χ0v) is 19.4. The van der Waals surface area contributed by atoms with Gasteiger partial charge in [-0.2, -0.15) is 0 Å². The van der Waals surface area contributed by atoms with E-state index in [2.05, 4.69) is 39.3 Å². The maximum Gasteiger partial charge on any atom is 0.276 e. The molecule has 0 bridgehead atoms. The van der Waals surface area contributed by atoms with Crippen LogP contribution in [0.4, 0.5) is 0 Å². The highest BCUT2D eigenvalue weighted by Crippen LogP contribution is 2.28. The minimum atomic E-state index is -0.237. The molecule has 8 heteroatoms. The van der Waals surface area contributed by atoms with Crippen LogP contribution in [0.3, 0.4) is 0 Å². The van der Waals surface area contributed by atoms with Crippen LogP contribution in [-0.4, -0.2) is 49.8 Å². The summed E-state index contributed by atoms with van der Waals surface area (Å²) >= 11 is 0. The fraction of sp³-hybridized carbons (Fsp3) is 0.308. The summed E-state index contributed by atoms with van der Waals surface area (Å²) in [6.07, 6.45) is 2.33. The number of carbonyl (C=O) groups is 1. The van der Waals surface area contributed by atoms with Crippen molar-refractivity contribution in [1.82, 2.24) is 24.9 Å². The van der Waals surface area contributed by atoms with Crippen LogP contribution < -0.4 is 5.11 Å². The van der Waals surface area contributed by atoms with E-state index in [0.29, 0.717) is 37.3 Å². The van der Waals surface area contributed by atoms with E-state index in [0.717, 1.165) is 35.4 Å². The summed E-state index contributed by atoms with van der Waals surface area (Å²) < 4.78 is 1.71. The SMILES string of the molecule is CCCc1c(C(=O)N2CCc3c([nH]c4ccccc34)C2)nnn1-c1ccc(C([O-])=NCC)cc1. The summed E-state index contributed by atoms with van der Waals surface area (Å²) in [6, 6.07) is 15.4. The lowest BCUT2D eigenvalue weighted by molar-refractivity contribution is -0.213. The van der Waals surface area contributed by atoms with E-state index in [1.54, 1.807) is 16.8 Å². The maximum absolute atomic E-state index is 13.5. The van der Waals surface area contributed by atoms with Crippen molar-refractivity contribution in [2.45, 2.75) is 39.7 Å². The van der Waals surface area contributed by atoms with E-state index >= 15 is 0 Å². The average Bonchev–Trinajstić information content (AvgIpc) is 3.45. The smallest absolute Gasteiger partial charge is 0.276 e. The molecule has 0 unspecified atom stereocenters. The summed E-state index contributed by atoms with van der Waals surface area (Å²) in [4.78, 5) is 22.8. The highest BCUT2D eigenvalue weighted by Gasteiger charge is 2.29. The van der Waals surface area contributed by atoms with Crippen molar-refractivity contribution in [1.29, 1.82) is 0 Å². The average molecular weight is 456 g/mol. The van der Waals surface area contributed by atoms with Gasteiger partial charge >= 0.3 is 0 Å². The van der Waals surface area contributed by atoms with Crippen molar-refractivity contribution in [3.8, 4) is 5.69 Å². The van der Waals surface area contributed by atoms with Gasteiger partial charge in [-0.1, -0.05) is 48.9 Å². The predicted molar refractivity (Wildman–Crippen MR) is 129 cm³/mol. The number of nitrogens with zero attached hydrogens (tertiary/aromatic N) is 5. The van der Waals surface area contributed by atoms with E-state index < -0.39 is 0 Å². The zero-order valence-electron chi connectivity index (χ0n) is 19.4. The Morgan fingerprint density at radius 3 is 2.71 bits per heavy atom. The fourth-order valence-corrected chi connectivity index (χ4v) is 4.63. The molecule has 1 aliphatic heterocycles. The van der Waals surface area contributed by atoms with Crippen molar-refractivity contribution in [2.24, 2.45) is 4.99 Å². The Bertz CT molecular complexity index is 1370. The van der Waals surface area contributed by atoms with Crippen LogP contribution in [0.25, 0.3) is 16.6 Å². The molecular weight excluding hydrogens is 428 g/mol. The third kappa shape index (κ3) is 3.85. The second kappa shape index (κ2) is 9.13. The van der Waals surface area contributed by atoms with Crippen LogP contribution >= 0.6 is 0 Å². The van der Waals surface area contributed by atoms with E-state index in [4.69, 9.17) is 0 Å². The molecule has 1 aliphatic rings. The van der Waals surface area contributed by atoms with E-state index in [1.165, 1.54) is 10.9 Å². The quantitative estimate of drug-likeness (QED) is 0.357. The van der Waals surface area contributed by atoms with Gasteiger partial charge in [0, 0.05) is 29.7 Å². The lowest BCUT2D eigenvalue weighted by atomic mass is 10.0. The van der Waals surface area contributed by atoms with Crippen molar-refractivity contribution in [3.63, 3.8) is 0 Å².